The molecule has 0 radical (unpaired) electrons. The number of aryl methyl sites for hydroxylation is 3. The number of hydrogen-bond acceptors (Lipinski definition) is 2. The fourth-order valence-electron chi connectivity index (χ4n) is 4.63. The molecule has 3 heteroatoms. The van der Waals surface area contributed by atoms with E-state index in [2.05, 4.69) is 106 Å². The van der Waals surface area contributed by atoms with Gasteiger partial charge in [-0.2, -0.15) is 0 Å². The van der Waals surface area contributed by atoms with Crippen LogP contribution in [0.4, 0.5) is 0 Å². The zero-order valence-electron chi connectivity index (χ0n) is 19.1. The van der Waals surface area contributed by atoms with Crippen molar-refractivity contribution in [1.82, 2.24) is 9.55 Å². The zero-order chi connectivity index (χ0) is 21.9. The smallest absolute Gasteiger partial charge is 0.147 e. The van der Waals surface area contributed by atoms with Crippen LogP contribution >= 0.6 is 11.3 Å². The highest BCUT2D eigenvalue weighted by molar-refractivity contribution is 7.17. The number of nitrogens with zero attached hydrogens (tertiary/aromatic N) is 2. The van der Waals surface area contributed by atoms with Crippen LogP contribution in [0.25, 0.3) is 38.2 Å². The molecular weight excluding hydrogens is 396 g/mol. The molecule has 156 valence electrons. The Hall–Kier alpha value is -2.91. The van der Waals surface area contributed by atoms with E-state index in [4.69, 9.17) is 4.98 Å². The van der Waals surface area contributed by atoms with Crippen LogP contribution in [0.15, 0.2) is 60.0 Å². The fraction of sp³-hybridized carbons (Fsp3) is 0.250. The summed E-state index contributed by atoms with van der Waals surface area (Å²) in [4.78, 5) is 5.15. The number of para-hydroxylation sites is 2. The molecule has 2 heterocycles. The third kappa shape index (κ3) is 3.28. The maximum Gasteiger partial charge on any atom is 0.147 e. The maximum atomic E-state index is 5.15. The molecule has 0 bridgehead atoms. The van der Waals surface area contributed by atoms with Gasteiger partial charge in [-0.3, -0.25) is 4.57 Å². The molecule has 31 heavy (non-hydrogen) atoms. The number of thiophene rings is 1. The van der Waals surface area contributed by atoms with Gasteiger partial charge in [0.25, 0.3) is 0 Å². The molecule has 5 aromatic rings. The molecule has 0 fully saturated rings. The summed E-state index contributed by atoms with van der Waals surface area (Å²) in [5, 5.41) is 3.56. The highest BCUT2D eigenvalue weighted by Crippen LogP contribution is 2.39. The van der Waals surface area contributed by atoms with Crippen LogP contribution in [0, 0.1) is 20.8 Å². The quantitative estimate of drug-likeness (QED) is 0.280. The van der Waals surface area contributed by atoms with Crippen LogP contribution in [0.5, 0.6) is 0 Å². The van der Waals surface area contributed by atoms with E-state index in [1.165, 1.54) is 43.6 Å². The van der Waals surface area contributed by atoms with Crippen molar-refractivity contribution >= 4 is 32.5 Å². The first-order valence-corrected chi connectivity index (χ1v) is 11.7. The molecule has 0 aliphatic heterocycles. The van der Waals surface area contributed by atoms with Crippen LogP contribution in [0.3, 0.4) is 0 Å². The summed E-state index contributed by atoms with van der Waals surface area (Å²) >= 11 is 1.80. The van der Waals surface area contributed by atoms with E-state index in [-0.39, 0.29) is 5.41 Å². The van der Waals surface area contributed by atoms with Crippen molar-refractivity contribution in [3.63, 3.8) is 0 Å². The predicted molar refractivity (Wildman–Crippen MR) is 135 cm³/mol. The number of fused-ring (bicyclic) bond motifs is 2. The average molecular weight is 425 g/mol. The van der Waals surface area contributed by atoms with Crippen LogP contribution in [0.1, 0.15) is 43.0 Å². The molecular formula is C28H28N2S. The topological polar surface area (TPSA) is 17.8 Å². The molecule has 0 atom stereocenters. The van der Waals surface area contributed by atoms with Crippen LogP contribution in [0.2, 0.25) is 0 Å². The molecule has 0 unspecified atom stereocenters. The first-order valence-electron chi connectivity index (χ1n) is 10.8. The van der Waals surface area contributed by atoms with Gasteiger partial charge in [0.15, 0.2) is 0 Å². The lowest BCUT2D eigenvalue weighted by Crippen LogP contribution is -2.10. The lowest BCUT2D eigenvalue weighted by atomic mass is 9.86. The Morgan fingerprint density at radius 2 is 1.58 bits per heavy atom. The lowest BCUT2D eigenvalue weighted by Gasteiger charge is -2.19. The predicted octanol–water partition coefficient (Wildman–Crippen LogP) is 8.13. The van der Waals surface area contributed by atoms with Gasteiger partial charge in [-0.1, -0.05) is 56.7 Å². The van der Waals surface area contributed by atoms with Gasteiger partial charge in [0.05, 0.1) is 16.7 Å². The van der Waals surface area contributed by atoms with Crippen molar-refractivity contribution < 1.29 is 0 Å². The minimum atomic E-state index is 0.109. The number of benzene rings is 3. The van der Waals surface area contributed by atoms with Crippen LogP contribution < -0.4 is 0 Å². The van der Waals surface area contributed by atoms with Crippen molar-refractivity contribution in [1.29, 1.82) is 0 Å². The second kappa shape index (κ2) is 7.06. The second-order valence-corrected chi connectivity index (χ2v) is 10.5. The molecule has 0 saturated carbocycles. The molecule has 3 aromatic carbocycles. The van der Waals surface area contributed by atoms with E-state index in [1.54, 1.807) is 11.3 Å². The molecule has 0 aliphatic rings. The van der Waals surface area contributed by atoms with Gasteiger partial charge in [-0.25, -0.2) is 4.98 Å². The fourth-order valence-corrected chi connectivity index (χ4v) is 5.55. The highest BCUT2D eigenvalue weighted by Gasteiger charge is 2.21. The molecule has 0 spiro atoms. The maximum absolute atomic E-state index is 5.15. The Kier molecular flexibility index (Phi) is 4.56. The van der Waals surface area contributed by atoms with Crippen LogP contribution in [-0.2, 0) is 5.41 Å². The van der Waals surface area contributed by atoms with Crippen LogP contribution in [-0.4, -0.2) is 9.55 Å². The van der Waals surface area contributed by atoms with Gasteiger partial charge in [0.2, 0.25) is 0 Å². The number of aromatic nitrogens is 2. The third-order valence-corrected chi connectivity index (χ3v) is 7.06. The van der Waals surface area contributed by atoms with E-state index in [1.807, 2.05) is 0 Å². The van der Waals surface area contributed by atoms with E-state index in [0.29, 0.717) is 0 Å². The van der Waals surface area contributed by atoms with Crippen molar-refractivity contribution in [2.45, 2.75) is 47.0 Å². The Morgan fingerprint density at radius 1 is 0.871 bits per heavy atom. The normalized spacial score (nSPS) is 12.2. The van der Waals surface area contributed by atoms with E-state index >= 15 is 0 Å². The van der Waals surface area contributed by atoms with Gasteiger partial charge in [0.1, 0.15) is 5.82 Å². The Morgan fingerprint density at radius 3 is 2.29 bits per heavy atom. The molecule has 2 nitrogen and oxygen atoms in total. The summed E-state index contributed by atoms with van der Waals surface area (Å²) in [5.74, 6) is 1.02. The van der Waals surface area contributed by atoms with E-state index < -0.39 is 0 Å². The van der Waals surface area contributed by atoms with E-state index in [0.717, 1.165) is 16.9 Å². The van der Waals surface area contributed by atoms with Gasteiger partial charge >= 0.3 is 0 Å². The van der Waals surface area contributed by atoms with Gasteiger partial charge in [-0.05, 0) is 67.1 Å². The Bertz CT molecular complexity index is 1420. The molecule has 5 rings (SSSR count). The van der Waals surface area contributed by atoms with Gasteiger partial charge < -0.3 is 0 Å². The molecule has 0 saturated heterocycles. The summed E-state index contributed by atoms with van der Waals surface area (Å²) in [5.41, 5.74) is 9.93. The van der Waals surface area contributed by atoms with Gasteiger partial charge in [0, 0.05) is 21.0 Å². The summed E-state index contributed by atoms with van der Waals surface area (Å²) < 4.78 is 3.67. The first kappa shape index (κ1) is 20.0. The summed E-state index contributed by atoms with van der Waals surface area (Å²) in [7, 11) is 0. The SMILES string of the molecule is Cc1cc(C)c(-n2c(-c3csc4ccc(C(C)(C)C)cc34)nc3ccccc32)c(C)c1. The number of hydrogen-bond donors (Lipinski definition) is 0. The van der Waals surface area contributed by atoms with Gasteiger partial charge in [-0.15, -0.1) is 11.3 Å². The largest absolute Gasteiger partial charge is 0.292 e. The molecule has 0 amide bonds. The Labute approximate surface area is 188 Å². The molecule has 0 aliphatic carbocycles. The first-order chi connectivity index (χ1) is 14.7. The average Bonchev–Trinajstić information content (AvgIpc) is 3.27. The number of rotatable bonds is 2. The van der Waals surface area contributed by atoms with Crippen molar-refractivity contribution in [2.75, 3.05) is 0 Å². The Balaban J connectivity index is 1.87. The summed E-state index contributed by atoms with van der Waals surface area (Å²) in [6.07, 6.45) is 0. The molecule has 2 aromatic heterocycles. The summed E-state index contributed by atoms with van der Waals surface area (Å²) in [6, 6.07) is 19.9. The third-order valence-electron chi connectivity index (χ3n) is 6.10. The minimum Gasteiger partial charge on any atom is -0.292 e. The molecule has 0 N–H and O–H groups in total. The lowest BCUT2D eigenvalue weighted by molar-refractivity contribution is 0.591. The monoisotopic (exact) mass is 424 g/mol. The van der Waals surface area contributed by atoms with E-state index in [9.17, 15) is 0 Å². The standard InChI is InChI=1S/C28H28N2S/c1-17-13-18(2)26(19(3)14-17)30-24-10-8-7-9-23(24)29-27(30)22-16-31-25-12-11-20(15-21(22)25)28(4,5)6/h7-16H,1-6H3. The van der Waals surface area contributed by atoms with Crippen molar-refractivity contribution in [3.8, 4) is 17.1 Å². The van der Waals surface area contributed by atoms with Crippen molar-refractivity contribution in [3.05, 3.63) is 82.2 Å². The minimum absolute atomic E-state index is 0.109. The van der Waals surface area contributed by atoms with Crippen molar-refractivity contribution in [2.24, 2.45) is 0 Å². The second-order valence-electron chi connectivity index (χ2n) is 9.62. The number of imidazole rings is 1. The highest BCUT2D eigenvalue weighted by atomic mass is 32.1. The summed E-state index contributed by atoms with van der Waals surface area (Å²) in [6.45, 7) is 13.4. The zero-order valence-corrected chi connectivity index (χ0v) is 19.9.